The molecule has 0 bridgehead atoms. The predicted molar refractivity (Wildman–Crippen MR) is 139 cm³/mol. The number of aromatic nitrogens is 2. The summed E-state index contributed by atoms with van der Waals surface area (Å²) < 4.78 is 22.8. The molecule has 6 nitrogen and oxygen atoms in total. The van der Waals surface area contributed by atoms with Gasteiger partial charge in [-0.25, -0.2) is 4.39 Å². The Labute approximate surface area is 212 Å². The Morgan fingerprint density at radius 1 is 1.28 bits per heavy atom. The number of fused-ring (bicyclic) bond motifs is 1. The van der Waals surface area contributed by atoms with E-state index in [1.165, 1.54) is 0 Å². The van der Waals surface area contributed by atoms with Crippen LogP contribution in [-0.2, 0) is 11.8 Å². The van der Waals surface area contributed by atoms with Gasteiger partial charge in [0, 0.05) is 37.8 Å². The van der Waals surface area contributed by atoms with Crippen LogP contribution in [0.4, 0.5) is 4.39 Å². The van der Waals surface area contributed by atoms with E-state index in [1.54, 1.807) is 19.4 Å². The normalized spacial score (nSPS) is 19.0. The van der Waals surface area contributed by atoms with E-state index in [-0.39, 0.29) is 12.3 Å². The predicted octanol–water partition coefficient (Wildman–Crippen LogP) is 5.23. The summed E-state index contributed by atoms with van der Waals surface area (Å²) in [5.41, 5.74) is 2.36. The van der Waals surface area contributed by atoms with E-state index >= 15 is 4.39 Å². The first kappa shape index (κ1) is 25.7. The summed E-state index contributed by atoms with van der Waals surface area (Å²) >= 11 is 0. The van der Waals surface area contributed by atoms with Gasteiger partial charge < -0.3 is 14.4 Å². The Balaban J connectivity index is 1.40. The van der Waals surface area contributed by atoms with Gasteiger partial charge >= 0.3 is 5.97 Å². The van der Waals surface area contributed by atoms with Crippen molar-refractivity contribution in [1.29, 1.82) is 0 Å². The lowest BCUT2D eigenvalue weighted by Crippen LogP contribution is -2.41. The summed E-state index contributed by atoms with van der Waals surface area (Å²) in [7, 11) is 3.57. The Morgan fingerprint density at radius 2 is 2.14 bits per heavy atom. The largest absolute Gasteiger partial charge is 0.497 e. The lowest BCUT2D eigenvalue weighted by molar-refractivity contribution is -0.137. The fourth-order valence-electron chi connectivity index (χ4n) is 5.21. The van der Waals surface area contributed by atoms with Crippen LogP contribution in [0.15, 0.2) is 48.8 Å². The number of piperidine rings is 1. The van der Waals surface area contributed by atoms with Gasteiger partial charge in [0.05, 0.1) is 24.9 Å². The number of carbonyl (C=O) groups is 1. The van der Waals surface area contributed by atoms with Crippen LogP contribution in [0.5, 0.6) is 5.75 Å². The molecule has 0 spiro atoms. The third-order valence-corrected chi connectivity index (χ3v) is 7.28. The number of likely N-dealkylation sites (tertiary alicyclic amines) is 1. The molecule has 2 aromatic heterocycles. The molecule has 1 aliphatic heterocycles. The van der Waals surface area contributed by atoms with E-state index in [2.05, 4.69) is 21.7 Å². The van der Waals surface area contributed by atoms with Gasteiger partial charge in [-0.2, -0.15) is 0 Å². The Hall–Kier alpha value is -3.37. The van der Waals surface area contributed by atoms with Crippen LogP contribution >= 0.6 is 0 Å². The molecule has 190 valence electrons. The zero-order valence-electron chi connectivity index (χ0n) is 21.0. The summed E-state index contributed by atoms with van der Waals surface area (Å²) in [6.07, 6.45) is 5.30. The Bertz CT molecular complexity index is 1250. The smallest absolute Gasteiger partial charge is 0.303 e. The fraction of sp³-hybridized carbons (Fsp3) is 0.448. The van der Waals surface area contributed by atoms with Crippen molar-refractivity contribution in [2.45, 2.75) is 38.3 Å². The number of carboxylic acid groups (broad SMARTS) is 1. The second-order valence-corrected chi connectivity index (χ2v) is 9.61. The van der Waals surface area contributed by atoms with Crippen molar-refractivity contribution in [1.82, 2.24) is 14.5 Å². The monoisotopic (exact) mass is 491 g/mol. The van der Waals surface area contributed by atoms with Crippen molar-refractivity contribution in [3.63, 3.8) is 0 Å². The van der Waals surface area contributed by atoms with E-state index < -0.39 is 12.1 Å². The third-order valence-electron chi connectivity index (χ3n) is 7.28. The number of hydrogen-bond donors (Lipinski definition) is 1. The van der Waals surface area contributed by atoms with Gasteiger partial charge in [0.2, 0.25) is 0 Å². The van der Waals surface area contributed by atoms with Crippen molar-refractivity contribution >= 4 is 16.9 Å². The molecule has 1 aliphatic rings. The number of rotatable bonds is 9. The molecular weight excluding hydrogens is 457 g/mol. The maximum absolute atomic E-state index is 15.5. The van der Waals surface area contributed by atoms with Crippen molar-refractivity contribution < 1.29 is 19.0 Å². The standard InChI is InChI=1S/C29H34FN3O3/c1-32-16-3-5-23(32)6-4-17-33-18-14-21(22(20-33)8-12-29(34)35)7-10-27(30)25-13-15-31-28-11-9-24(36-2)19-26(25)28/h3,5,9,11,13,15-16,19,21-22,27H,7-8,10,12,14,17-18,20H2,1-2H3,(H,34,35)/t21-,22-,27-/m1/s1. The second-order valence-electron chi connectivity index (χ2n) is 9.61. The van der Waals surface area contributed by atoms with Crippen molar-refractivity contribution in [2.24, 2.45) is 18.9 Å². The molecule has 0 saturated carbocycles. The lowest BCUT2D eigenvalue weighted by Gasteiger charge is -2.38. The molecule has 36 heavy (non-hydrogen) atoms. The van der Waals surface area contributed by atoms with Crippen LogP contribution in [0.3, 0.4) is 0 Å². The molecule has 7 heteroatoms. The summed E-state index contributed by atoms with van der Waals surface area (Å²) in [6, 6.07) is 11.2. The first-order chi connectivity index (χ1) is 17.4. The number of hydrogen-bond acceptors (Lipinski definition) is 4. The molecule has 1 aromatic carbocycles. The van der Waals surface area contributed by atoms with Crippen LogP contribution in [0.25, 0.3) is 10.9 Å². The zero-order valence-corrected chi connectivity index (χ0v) is 21.0. The van der Waals surface area contributed by atoms with Crippen LogP contribution in [0.1, 0.15) is 49.5 Å². The molecule has 3 heterocycles. The summed E-state index contributed by atoms with van der Waals surface area (Å²) in [5, 5.41) is 10.0. The first-order valence-corrected chi connectivity index (χ1v) is 12.6. The maximum Gasteiger partial charge on any atom is 0.303 e. The van der Waals surface area contributed by atoms with E-state index in [4.69, 9.17) is 4.74 Å². The topological polar surface area (TPSA) is 67.6 Å². The van der Waals surface area contributed by atoms with Crippen LogP contribution in [0.2, 0.25) is 0 Å². The molecule has 3 aromatic rings. The summed E-state index contributed by atoms with van der Waals surface area (Å²) in [5.74, 6) is 6.88. The van der Waals surface area contributed by atoms with E-state index in [0.717, 1.165) is 42.5 Å². The average Bonchev–Trinajstić information content (AvgIpc) is 3.30. The molecular formula is C29H34FN3O3. The molecule has 0 unspecified atom stereocenters. The minimum Gasteiger partial charge on any atom is -0.497 e. The number of aryl methyl sites for hydroxylation is 1. The highest BCUT2D eigenvalue weighted by atomic mass is 19.1. The number of pyridine rings is 1. The molecule has 3 atom stereocenters. The Kier molecular flexibility index (Phi) is 8.61. The summed E-state index contributed by atoms with van der Waals surface area (Å²) in [4.78, 5) is 17.9. The van der Waals surface area contributed by atoms with E-state index in [9.17, 15) is 9.90 Å². The Morgan fingerprint density at radius 3 is 2.89 bits per heavy atom. The number of ether oxygens (including phenoxy) is 1. The van der Waals surface area contributed by atoms with Gasteiger partial charge in [0.1, 0.15) is 11.9 Å². The average molecular weight is 492 g/mol. The van der Waals surface area contributed by atoms with Gasteiger partial charge in [-0.15, -0.1) is 0 Å². The number of halogens is 1. The van der Waals surface area contributed by atoms with Crippen molar-refractivity contribution in [3.05, 3.63) is 60.0 Å². The van der Waals surface area contributed by atoms with Crippen molar-refractivity contribution in [3.8, 4) is 17.6 Å². The fourth-order valence-corrected chi connectivity index (χ4v) is 5.21. The van der Waals surface area contributed by atoms with Crippen LogP contribution in [-0.4, -0.2) is 52.3 Å². The van der Waals surface area contributed by atoms with Crippen LogP contribution < -0.4 is 4.74 Å². The molecule has 4 rings (SSSR count). The molecule has 0 radical (unpaired) electrons. The van der Waals surface area contributed by atoms with E-state index in [0.29, 0.717) is 36.6 Å². The first-order valence-electron chi connectivity index (χ1n) is 12.6. The third kappa shape index (κ3) is 6.44. The minimum atomic E-state index is -1.11. The van der Waals surface area contributed by atoms with E-state index in [1.807, 2.05) is 48.1 Å². The molecule has 0 aliphatic carbocycles. The number of methoxy groups -OCH3 is 1. The molecule has 1 N–H and O–H groups in total. The highest BCUT2D eigenvalue weighted by Gasteiger charge is 2.30. The molecule has 1 fully saturated rings. The van der Waals surface area contributed by atoms with Gasteiger partial charge in [0.25, 0.3) is 0 Å². The maximum atomic E-state index is 15.5. The number of nitrogens with zero attached hydrogens (tertiary/aromatic N) is 3. The SMILES string of the molecule is COc1ccc2nccc([C@H](F)CC[C@@H]3CCN(CC#Cc4cccn4C)C[C@H]3CCC(=O)O)c2c1. The molecule has 0 amide bonds. The van der Waals surface area contributed by atoms with Gasteiger partial charge in [0.15, 0.2) is 0 Å². The highest BCUT2D eigenvalue weighted by molar-refractivity contribution is 5.83. The van der Waals surface area contributed by atoms with Gasteiger partial charge in [-0.05, 0) is 91.9 Å². The number of alkyl halides is 1. The van der Waals surface area contributed by atoms with Gasteiger partial charge in [-0.3, -0.25) is 14.7 Å². The summed E-state index contributed by atoms with van der Waals surface area (Å²) in [6.45, 7) is 2.34. The quantitative estimate of drug-likeness (QED) is 0.415. The van der Waals surface area contributed by atoms with Crippen LogP contribution in [0, 0.1) is 23.7 Å². The zero-order chi connectivity index (χ0) is 25.5. The highest BCUT2D eigenvalue weighted by Crippen LogP contribution is 2.36. The van der Waals surface area contributed by atoms with Gasteiger partial charge in [-0.1, -0.05) is 5.92 Å². The number of aliphatic carboxylic acids is 1. The number of carboxylic acids is 1. The molecule has 1 saturated heterocycles. The minimum absolute atomic E-state index is 0.137. The lowest BCUT2D eigenvalue weighted by atomic mass is 9.79. The van der Waals surface area contributed by atoms with Crippen molar-refractivity contribution in [2.75, 3.05) is 26.7 Å². The second kappa shape index (κ2) is 12.0. The number of benzene rings is 1.